The van der Waals surface area contributed by atoms with Crippen LogP contribution in [0.3, 0.4) is 0 Å². The van der Waals surface area contributed by atoms with E-state index < -0.39 is 0 Å². The van der Waals surface area contributed by atoms with Crippen LogP contribution in [-0.2, 0) is 12.8 Å². The van der Waals surface area contributed by atoms with E-state index in [9.17, 15) is 0 Å². The number of hydrogen-bond donors (Lipinski definition) is 1. The summed E-state index contributed by atoms with van der Waals surface area (Å²) in [5, 5.41) is 0. The molecule has 0 spiro atoms. The van der Waals surface area contributed by atoms with Crippen LogP contribution < -0.4 is 5.73 Å². The Labute approximate surface area is 101 Å². The summed E-state index contributed by atoms with van der Waals surface area (Å²) < 4.78 is 5.70. The molecule has 90 valence electrons. The molecule has 1 fully saturated rings. The van der Waals surface area contributed by atoms with Crippen LogP contribution in [0.2, 0.25) is 0 Å². The summed E-state index contributed by atoms with van der Waals surface area (Å²) in [4.78, 5) is 4.33. The first-order valence-corrected chi connectivity index (χ1v) is 7.16. The Morgan fingerprint density at radius 2 is 2.56 bits per heavy atom. The van der Waals surface area contributed by atoms with Gasteiger partial charge in [-0.3, -0.25) is 0 Å². The summed E-state index contributed by atoms with van der Waals surface area (Å²) in [6.45, 7) is 1.99. The van der Waals surface area contributed by atoms with Gasteiger partial charge in [0.1, 0.15) is 5.76 Å². The fraction of sp³-hybridized carbons (Fsp3) is 0.750. The van der Waals surface area contributed by atoms with E-state index in [-0.39, 0.29) is 6.04 Å². The maximum absolute atomic E-state index is 5.73. The van der Waals surface area contributed by atoms with Gasteiger partial charge in [-0.05, 0) is 37.2 Å². The van der Waals surface area contributed by atoms with Crippen molar-refractivity contribution in [1.29, 1.82) is 0 Å². The summed E-state index contributed by atoms with van der Waals surface area (Å²) in [5.41, 5.74) is 5.73. The molecule has 16 heavy (non-hydrogen) atoms. The lowest BCUT2D eigenvalue weighted by Gasteiger charge is -2.19. The van der Waals surface area contributed by atoms with Gasteiger partial charge in [-0.25, -0.2) is 4.98 Å². The van der Waals surface area contributed by atoms with E-state index >= 15 is 0 Å². The topological polar surface area (TPSA) is 52.0 Å². The zero-order chi connectivity index (χ0) is 11.4. The van der Waals surface area contributed by atoms with E-state index in [2.05, 4.69) is 16.7 Å². The zero-order valence-electron chi connectivity index (χ0n) is 9.82. The number of rotatable bonds is 4. The number of aromatic nitrogens is 1. The third kappa shape index (κ3) is 3.52. The lowest BCUT2D eigenvalue weighted by molar-refractivity contribution is 0.401. The van der Waals surface area contributed by atoms with Gasteiger partial charge in [-0.2, -0.15) is 11.8 Å². The Balaban J connectivity index is 1.86. The van der Waals surface area contributed by atoms with E-state index in [0.717, 1.165) is 30.4 Å². The molecule has 3 nitrogen and oxygen atoms in total. The largest absolute Gasteiger partial charge is 0.446 e. The summed E-state index contributed by atoms with van der Waals surface area (Å²) in [5.74, 6) is 5.14. The molecule has 1 aliphatic heterocycles. The van der Waals surface area contributed by atoms with Crippen molar-refractivity contribution in [3.8, 4) is 0 Å². The van der Waals surface area contributed by atoms with E-state index in [4.69, 9.17) is 10.2 Å². The maximum atomic E-state index is 5.73. The van der Waals surface area contributed by atoms with Crippen molar-refractivity contribution in [1.82, 2.24) is 4.98 Å². The molecule has 0 aliphatic carbocycles. The quantitative estimate of drug-likeness (QED) is 0.877. The third-order valence-electron chi connectivity index (χ3n) is 2.84. The fourth-order valence-corrected chi connectivity index (χ4v) is 3.22. The smallest absolute Gasteiger partial charge is 0.194 e. The second-order valence-electron chi connectivity index (χ2n) is 4.69. The number of hydrogen-bond acceptors (Lipinski definition) is 4. The van der Waals surface area contributed by atoms with Crippen molar-refractivity contribution >= 4 is 11.8 Å². The molecule has 2 heterocycles. The molecule has 0 radical (unpaired) electrons. The molecule has 0 amide bonds. The molecule has 2 N–H and O–H groups in total. The highest BCUT2D eigenvalue weighted by Gasteiger charge is 2.17. The summed E-state index contributed by atoms with van der Waals surface area (Å²) >= 11 is 2.05. The summed E-state index contributed by atoms with van der Waals surface area (Å²) in [6.07, 6.45) is 6.26. The fourth-order valence-electron chi connectivity index (χ4n) is 2.07. The van der Waals surface area contributed by atoms with E-state index in [1.54, 1.807) is 0 Å². The third-order valence-corrected chi connectivity index (χ3v) is 4.13. The first-order chi connectivity index (χ1) is 7.74. The molecule has 1 aliphatic rings. The lowest BCUT2D eigenvalue weighted by atomic mass is 10.0. The minimum Gasteiger partial charge on any atom is -0.446 e. The standard InChI is InChI=1S/C12H20N2OS/c1-9(13)5-11-7-14-12(15-11)6-10-3-2-4-16-8-10/h7,9-10H,2-6,8,13H2,1H3. The second-order valence-corrected chi connectivity index (χ2v) is 5.84. The molecule has 0 bridgehead atoms. The SMILES string of the molecule is CC(N)Cc1cnc(CC2CCCSC2)o1. The predicted octanol–water partition coefficient (Wildman–Crippen LogP) is 2.25. The molecule has 2 rings (SSSR count). The van der Waals surface area contributed by atoms with Crippen LogP contribution in [0.1, 0.15) is 31.4 Å². The molecule has 1 aromatic heterocycles. The van der Waals surface area contributed by atoms with Gasteiger partial charge >= 0.3 is 0 Å². The average molecular weight is 240 g/mol. The van der Waals surface area contributed by atoms with Gasteiger partial charge in [0, 0.05) is 18.9 Å². The number of thioether (sulfide) groups is 1. The lowest BCUT2D eigenvalue weighted by Crippen LogP contribution is -2.17. The minimum absolute atomic E-state index is 0.144. The minimum atomic E-state index is 0.144. The predicted molar refractivity (Wildman–Crippen MR) is 67.6 cm³/mol. The van der Waals surface area contributed by atoms with Gasteiger partial charge in [-0.15, -0.1) is 0 Å². The molecule has 0 saturated carbocycles. The van der Waals surface area contributed by atoms with Gasteiger partial charge in [0.25, 0.3) is 0 Å². The van der Waals surface area contributed by atoms with Crippen molar-refractivity contribution in [2.75, 3.05) is 11.5 Å². The van der Waals surface area contributed by atoms with Crippen LogP contribution in [0.4, 0.5) is 0 Å². The van der Waals surface area contributed by atoms with E-state index in [1.165, 1.54) is 24.3 Å². The normalized spacial score (nSPS) is 23.2. The van der Waals surface area contributed by atoms with Gasteiger partial charge in [0.2, 0.25) is 0 Å². The van der Waals surface area contributed by atoms with Crippen molar-refractivity contribution in [3.05, 3.63) is 17.8 Å². The van der Waals surface area contributed by atoms with Crippen molar-refractivity contribution < 1.29 is 4.42 Å². The Morgan fingerprint density at radius 1 is 1.69 bits per heavy atom. The Morgan fingerprint density at radius 3 is 3.25 bits per heavy atom. The van der Waals surface area contributed by atoms with Gasteiger partial charge in [-0.1, -0.05) is 0 Å². The van der Waals surface area contributed by atoms with Crippen LogP contribution >= 0.6 is 11.8 Å². The maximum Gasteiger partial charge on any atom is 0.194 e. The van der Waals surface area contributed by atoms with Gasteiger partial charge in [0.05, 0.1) is 6.20 Å². The Hall–Kier alpha value is -0.480. The van der Waals surface area contributed by atoms with Crippen molar-refractivity contribution in [3.63, 3.8) is 0 Å². The van der Waals surface area contributed by atoms with E-state index in [0.29, 0.717) is 0 Å². The Bertz CT molecular complexity index is 319. The summed E-state index contributed by atoms with van der Waals surface area (Å²) in [6, 6.07) is 0.144. The number of nitrogens with two attached hydrogens (primary N) is 1. The zero-order valence-corrected chi connectivity index (χ0v) is 10.6. The molecule has 2 atom stereocenters. The van der Waals surface area contributed by atoms with Crippen LogP contribution in [0.15, 0.2) is 10.6 Å². The van der Waals surface area contributed by atoms with Crippen LogP contribution in [-0.4, -0.2) is 22.5 Å². The number of oxazole rings is 1. The molecule has 4 heteroatoms. The highest BCUT2D eigenvalue weighted by atomic mass is 32.2. The highest BCUT2D eigenvalue weighted by Crippen LogP contribution is 2.25. The molecular formula is C12H20N2OS. The van der Waals surface area contributed by atoms with Crippen LogP contribution in [0.5, 0.6) is 0 Å². The first kappa shape index (κ1) is 12.0. The number of nitrogens with zero attached hydrogens (tertiary/aromatic N) is 1. The van der Waals surface area contributed by atoms with Crippen molar-refractivity contribution in [2.45, 2.75) is 38.6 Å². The van der Waals surface area contributed by atoms with Crippen LogP contribution in [0.25, 0.3) is 0 Å². The second kappa shape index (κ2) is 5.73. The summed E-state index contributed by atoms with van der Waals surface area (Å²) in [7, 11) is 0. The average Bonchev–Trinajstić information content (AvgIpc) is 2.66. The van der Waals surface area contributed by atoms with E-state index in [1.807, 2.05) is 13.1 Å². The molecule has 1 saturated heterocycles. The first-order valence-electron chi connectivity index (χ1n) is 6.01. The van der Waals surface area contributed by atoms with Crippen LogP contribution in [0, 0.1) is 5.92 Å². The molecular weight excluding hydrogens is 220 g/mol. The molecule has 0 aromatic carbocycles. The van der Waals surface area contributed by atoms with Gasteiger partial charge < -0.3 is 10.2 Å². The molecule has 1 aromatic rings. The highest BCUT2D eigenvalue weighted by molar-refractivity contribution is 7.99. The molecule has 2 unspecified atom stereocenters. The van der Waals surface area contributed by atoms with Crippen molar-refractivity contribution in [2.24, 2.45) is 11.7 Å². The Kier molecular flexibility index (Phi) is 4.29. The monoisotopic (exact) mass is 240 g/mol. The van der Waals surface area contributed by atoms with Gasteiger partial charge in [0.15, 0.2) is 5.89 Å².